The summed E-state index contributed by atoms with van der Waals surface area (Å²) >= 11 is 0. The normalized spacial score (nSPS) is 35.2. The second-order valence-corrected chi connectivity index (χ2v) is 7.09. The van der Waals surface area contributed by atoms with Crippen LogP contribution >= 0.6 is 0 Å². The monoisotopic (exact) mass is 309 g/mol. The molecule has 0 unspecified atom stereocenters. The van der Waals surface area contributed by atoms with Gasteiger partial charge in [0, 0.05) is 0 Å². The van der Waals surface area contributed by atoms with Gasteiger partial charge in [0.15, 0.2) is 0 Å². The molecule has 23 heavy (non-hydrogen) atoms. The number of fused-ring (bicyclic) bond motifs is 3. The van der Waals surface area contributed by atoms with E-state index in [1.807, 2.05) is 0 Å². The number of imide groups is 1. The van der Waals surface area contributed by atoms with Crippen LogP contribution in [-0.4, -0.2) is 22.9 Å². The predicted molar refractivity (Wildman–Crippen MR) is 80.7 cm³/mol. The van der Waals surface area contributed by atoms with Crippen LogP contribution in [0.25, 0.3) is 0 Å². The van der Waals surface area contributed by atoms with Gasteiger partial charge in [-0.15, -0.1) is 0 Å². The number of hydrogen-bond acceptors (Lipinski definition) is 3. The fourth-order valence-electron chi connectivity index (χ4n) is 5.09. The first-order chi connectivity index (χ1) is 11.0. The highest BCUT2D eigenvalue weighted by atomic mass is 16.4. The molecule has 116 valence electrons. The smallest absolute Gasteiger partial charge is 0.335 e. The third-order valence-electron chi connectivity index (χ3n) is 6.23. The molecule has 1 aromatic rings. The Balaban J connectivity index is 1.52. The molecule has 0 aromatic heterocycles. The van der Waals surface area contributed by atoms with Crippen molar-refractivity contribution in [1.29, 1.82) is 0 Å². The standard InChI is InChI=1S/C18H15NO4/c20-15-13-11-5-6-12(18(11)7-8-18)14(13)16(21)19(15)10-3-1-9(2-4-10)17(22)23/h1-6,11-14H,7-8H2,(H,22,23)/t11-,12+,13-,14-/m1/s1. The number of nitrogens with zero attached hydrogens (tertiary/aromatic N) is 1. The number of amides is 2. The Kier molecular flexibility index (Phi) is 2.22. The van der Waals surface area contributed by atoms with Crippen LogP contribution in [0.4, 0.5) is 5.69 Å². The fourth-order valence-corrected chi connectivity index (χ4v) is 5.09. The lowest BCUT2D eigenvalue weighted by Gasteiger charge is -2.21. The van der Waals surface area contributed by atoms with Crippen molar-refractivity contribution in [3.8, 4) is 0 Å². The summed E-state index contributed by atoms with van der Waals surface area (Å²) in [6.45, 7) is 0. The minimum absolute atomic E-state index is 0.119. The van der Waals surface area contributed by atoms with Crippen molar-refractivity contribution in [2.75, 3.05) is 4.90 Å². The van der Waals surface area contributed by atoms with Crippen molar-refractivity contribution >= 4 is 23.5 Å². The van der Waals surface area contributed by atoms with E-state index in [4.69, 9.17) is 5.11 Å². The predicted octanol–water partition coefficient (Wildman–Crippen LogP) is 2.09. The van der Waals surface area contributed by atoms with E-state index in [-0.39, 0.29) is 46.5 Å². The first kappa shape index (κ1) is 13.0. The number of benzene rings is 1. The molecule has 1 N–H and O–H groups in total. The summed E-state index contributed by atoms with van der Waals surface area (Å²) < 4.78 is 0. The summed E-state index contributed by atoms with van der Waals surface area (Å²) in [7, 11) is 0. The second-order valence-electron chi connectivity index (χ2n) is 7.09. The Labute approximate surface area is 132 Å². The van der Waals surface area contributed by atoms with Gasteiger partial charge >= 0.3 is 5.97 Å². The molecule has 1 saturated heterocycles. The summed E-state index contributed by atoms with van der Waals surface area (Å²) in [5.41, 5.74) is 0.815. The largest absolute Gasteiger partial charge is 0.478 e. The van der Waals surface area contributed by atoms with E-state index in [1.54, 1.807) is 12.1 Å². The number of aromatic carboxylic acids is 1. The average molecular weight is 309 g/mol. The van der Waals surface area contributed by atoms with Gasteiger partial charge in [-0.3, -0.25) is 14.5 Å². The van der Waals surface area contributed by atoms with Crippen LogP contribution in [0.3, 0.4) is 0 Å². The molecule has 4 atom stereocenters. The summed E-state index contributed by atoms with van der Waals surface area (Å²) in [6, 6.07) is 5.95. The summed E-state index contributed by atoms with van der Waals surface area (Å²) in [5, 5.41) is 8.96. The summed E-state index contributed by atoms with van der Waals surface area (Å²) in [4.78, 5) is 38.0. The average Bonchev–Trinajstić information content (AvgIpc) is 3.13. The molecule has 2 amide bonds. The maximum Gasteiger partial charge on any atom is 0.335 e. The highest BCUT2D eigenvalue weighted by Crippen LogP contribution is 2.73. The number of carboxylic acid groups (broad SMARTS) is 1. The molecule has 3 fully saturated rings. The third-order valence-corrected chi connectivity index (χ3v) is 6.23. The summed E-state index contributed by atoms with van der Waals surface area (Å²) in [6.07, 6.45) is 6.52. The molecule has 1 aliphatic heterocycles. The van der Waals surface area contributed by atoms with Crippen LogP contribution in [0.2, 0.25) is 0 Å². The first-order valence-electron chi connectivity index (χ1n) is 7.94. The molecule has 2 bridgehead atoms. The molecule has 1 spiro atoms. The van der Waals surface area contributed by atoms with Crippen molar-refractivity contribution in [2.45, 2.75) is 12.8 Å². The molecule has 5 rings (SSSR count). The van der Waals surface area contributed by atoms with Gasteiger partial charge in [0.1, 0.15) is 0 Å². The topological polar surface area (TPSA) is 74.7 Å². The van der Waals surface area contributed by atoms with E-state index in [9.17, 15) is 14.4 Å². The molecule has 1 heterocycles. The highest BCUT2D eigenvalue weighted by molar-refractivity contribution is 6.23. The number of hydrogen-bond donors (Lipinski definition) is 1. The van der Waals surface area contributed by atoms with Crippen LogP contribution in [0, 0.1) is 29.1 Å². The van der Waals surface area contributed by atoms with Crippen LogP contribution in [0.5, 0.6) is 0 Å². The number of carbonyl (C=O) groups is 3. The zero-order valence-corrected chi connectivity index (χ0v) is 12.3. The van der Waals surface area contributed by atoms with Crippen molar-refractivity contribution in [2.24, 2.45) is 29.1 Å². The van der Waals surface area contributed by atoms with Crippen molar-refractivity contribution in [3.05, 3.63) is 42.0 Å². The lowest BCUT2D eigenvalue weighted by Crippen LogP contribution is -2.34. The van der Waals surface area contributed by atoms with Crippen LogP contribution < -0.4 is 4.90 Å². The van der Waals surface area contributed by atoms with E-state index in [2.05, 4.69) is 12.2 Å². The summed E-state index contributed by atoms with van der Waals surface area (Å²) in [5.74, 6) is -1.30. The number of carboxylic acids is 1. The zero-order valence-electron chi connectivity index (χ0n) is 12.3. The molecular weight excluding hydrogens is 294 g/mol. The lowest BCUT2D eigenvalue weighted by atomic mass is 9.85. The van der Waals surface area contributed by atoms with Crippen LogP contribution in [0.15, 0.2) is 36.4 Å². The third kappa shape index (κ3) is 1.41. The molecule has 0 radical (unpaired) electrons. The van der Waals surface area contributed by atoms with Gasteiger partial charge in [0.05, 0.1) is 23.1 Å². The van der Waals surface area contributed by atoms with Crippen molar-refractivity contribution < 1.29 is 19.5 Å². The van der Waals surface area contributed by atoms with Gasteiger partial charge in [0.2, 0.25) is 11.8 Å². The van der Waals surface area contributed by atoms with E-state index >= 15 is 0 Å². The Bertz CT molecular complexity index is 756. The Morgan fingerprint density at radius 1 is 1.00 bits per heavy atom. The maximum absolute atomic E-state index is 12.9. The van der Waals surface area contributed by atoms with Gasteiger partial charge < -0.3 is 5.11 Å². The SMILES string of the molecule is O=C(O)c1ccc(N2C(=O)[C@H]3[C@H](C2=O)[C@@H]2C=C[C@H]3C23CC3)cc1. The Morgan fingerprint density at radius 3 is 1.96 bits per heavy atom. The first-order valence-corrected chi connectivity index (χ1v) is 7.94. The second kappa shape index (κ2) is 3.91. The highest BCUT2D eigenvalue weighted by Gasteiger charge is 2.73. The van der Waals surface area contributed by atoms with Crippen molar-refractivity contribution in [3.63, 3.8) is 0 Å². The van der Waals surface area contributed by atoms with Gasteiger partial charge in [-0.25, -0.2) is 4.79 Å². The lowest BCUT2D eigenvalue weighted by molar-refractivity contribution is -0.123. The molecule has 4 aliphatic rings. The van der Waals surface area contributed by atoms with Gasteiger partial charge in [0.25, 0.3) is 0 Å². The Hall–Kier alpha value is -2.43. The minimum atomic E-state index is -1.02. The van der Waals surface area contributed by atoms with E-state index in [1.165, 1.54) is 17.0 Å². The molecular formula is C18H15NO4. The quantitative estimate of drug-likeness (QED) is 0.670. The zero-order chi connectivity index (χ0) is 15.9. The molecule has 5 heteroatoms. The van der Waals surface area contributed by atoms with Gasteiger partial charge in [-0.2, -0.15) is 0 Å². The number of allylic oxidation sites excluding steroid dienone is 2. The van der Waals surface area contributed by atoms with Gasteiger partial charge in [-0.1, -0.05) is 12.2 Å². The van der Waals surface area contributed by atoms with E-state index in [0.717, 1.165) is 12.8 Å². The molecule has 1 aromatic carbocycles. The molecule has 2 saturated carbocycles. The fraction of sp³-hybridized carbons (Fsp3) is 0.389. The maximum atomic E-state index is 12.9. The van der Waals surface area contributed by atoms with Crippen LogP contribution in [-0.2, 0) is 9.59 Å². The number of carbonyl (C=O) groups excluding carboxylic acids is 2. The minimum Gasteiger partial charge on any atom is -0.478 e. The van der Waals surface area contributed by atoms with E-state index < -0.39 is 5.97 Å². The number of anilines is 1. The molecule has 5 nitrogen and oxygen atoms in total. The van der Waals surface area contributed by atoms with Crippen molar-refractivity contribution in [1.82, 2.24) is 0 Å². The van der Waals surface area contributed by atoms with Gasteiger partial charge in [-0.05, 0) is 54.4 Å². The van der Waals surface area contributed by atoms with E-state index in [0.29, 0.717) is 5.69 Å². The Morgan fingerprint density at radius 2 is 1.52 bits per heavy atom. The molecule has 3 aliphatic carbocycles. The van der Waals surface area contributed by atoms with Crippen LogP contribution in [0.1, 0.15) is 23.2 Å². The number of rotatable bonds is 2.